The summed E-state index contributed by atoms with van der Waals surface area (Å²) >= 11 is 0. The van der Waals surface area contributed by atoms with E-state index in [-0.39, 0.29) is 11.6 Å². The maximum Gasteiger partial charge on any atom is 0.191 e. The van der Waals surface area contributed by atoms with Gasteiger partial charge in [0.25, 0.3) is 0 Å². The van der Waals surface area contributed by atoms with Crippen molar-refractivity contribution in [3.63, 3.8) is 0 Å². The number of hydrogen-bond donors (Lipinski definition) is 2. The molecule has 0 aliphatic carbocycles. The molecule has 5 nitrogen and oxygen atoms in total. The molecular weight excluding hydrogens is 300 g/mol. The van der Waals surface area contributed by atoms with Crippen LogP contribution in [-0.4, -0.2) is 49.2 Å². The van der Waals surface area contributed by atoms with E-state index < -0.39 is 0 Å². The molecular formula is C19H32N4O. The number of ether oxygens (including phenoxy) is 1. The lowest BCUT2D eigenvalue weighted by molar-refractivity contribution is 0.0673. The standard InChI is InChI=1S/C19H32N4O/c1-4-19(5-2,22-16(3)17-9-7-6-8-10-17)15-21-18(20)23-11-13-24-14-12-23/h6-10,16,22H,4-5,11-15H2,1-3H3,(H2,20,21). The fraction of sp³-hybridized carbons (Fsp3) is 0.632. The molecule has 24 heavy (non-hydrogen) atoms. The van der Waals surface area contributed by atoms with Crippen molar-refractivity contribution in [1.82, 2.24) is 10.2 Å². The smallest absolute Gasteiger partial charge is 0.191 e. The lowest BCUT2D eigenvalue weighted by Gasteiger charge is -2.36. The van der Waals surface area contributed by atoms with Gasteiger partial charge < -0.3 is 20.7 Å². The Hall–Kier alpha value is -1.59. The first kappa shape index (κ1) is 18.7. The predicted octanol–water partition coefficient (Wildman–Crippen LogP) is 2.54. The molecule has 3 N–H and O–H groups in total. The fourth-order valence-electron chi connectivity index (χ4n) is 3.13. The van der Waals surface area contributed by atoms with Crippen molar-refractivity contribution in [2.24, 2.45) is 10.7 Å². The van der Waals surface area contributed by atoms with Gasteiger partial charge in [-0.3, -0.25) is 4.99 Å². The predicted molar refractivity (Wildman–Crippen MR) is 100 cm³/mol. The van der Waals surface area contributed by atoms with Gasteiger partial charge in [-0.25, -0.2) is 0 Å². The largest absolute Gasteiger partial charge is 0.378 e. The Kier molecular flexibility index (Phi) is 7.06. The van der Waals surface area contributed by atoms with E-state index in [1.54, 1.807) is 0 Å². The van der Waals surface area contributed by atoms with E-state index in [9.17, 15) is 0 Å². The van der Waals surface area contributed by atoms with Crippen LogP contribution in [0.5, 0.6) is 0 Å². The molecule has 1 unspecified atom stereocenters. The molecule has 1 atom stereocenters. The third kappa shape index (κ3) is 4.95. The van der Waals surface area contributed by atoms with Gasteiger partial charge in [-0.2, -0.15) is 0 Å². The highest BCUT2D eigenvalue weighted by atomic mass is 16.5. The van der Waals surface area contributed by atoms with Gasteiger partial charge in [0.2, 0.25) is 0 Å². The molecule has 134 valence electrons. The highest BCUT2D eigenvalue weighted by Gasteiger charge is 2.28. The van der Waals surface area contributed by atoms with Crippen molar-refractivity contribution in [1.29, 1.82) is 0 Å². The minimum absolute atomic E-state index is 0.0356. The van der Waals surface area contributed by atoms with Gasteiger partial charge in [-0.15, -0.1) is 0 Å². The van der Waals surface area contributed by atoms with Crippen LogP contribution in [-0.2, 0) is 4.74 Å². The first-order chi connectivity index (χ1) is 11.6. The highest BCUT2D eigenvalue weighted by molar-refractivity contribution is 5.78. The topological polar surface area (TPSA) is 62.9 Å². The summed E-state index contributed by atoms with van der Waals surface area (Å²) in [5.41, 5.74) is 7.46. The van der Waals surface area contributed by atoms with Crippen LogP contribution in [0, 0.1) is 0 Å². The molecule has 1 aliphatic heterocycles. The average Bonchev–Trinajstić information content (AvgIpc) is 2.66. The van der Waals surface area contributed by atoms with Gasteiger partial charge in [0.15, 0.2) is 5.96 Å². The first-order valence-electron chi connectivity index (χ1n) is 9.05. The number of nitrogens with one attached hydrogen (secondary N) is 1. The SMILES string of the molecule is CCC(CC)(CN=C(N)N1CCOCC1)NC(C)c1ccccc1. The summed E-state index contributed by atoms with van der Waals surface area (Å²) in [6, 6.07) is 10.8. The van der Waals surface area contributed by atoms with E-state index in [0.717, 1.165) is 39.1 Å². The van der Waals surface area contributed by atoms with E-state index in [2.05, 4.69) is 61.3 Å². The molecule has 5 heteroatoms. The van der Waals surface area contributed by atoms with Crippen LogP contribution in [0.4, 0.5) is 0 Å². The van der Waals surface area contributed by atoms with E-state index in [0.29, 0.717) is 12.5 Å². The summed E-state index contributed by atoms with van der Waals surface area (Å²) in [5.74, 6) is 0.638. The number of benzene rings is 1. The van der Waals surface area contributed by atoms with E-state index in [4.69, 9.17) is 15.5 Å². The van der Waals surface area contributed by atoms with Gasteiger partial charge >= 0.3 is 0 Å². The van der Waals surface area contributed by atoms with Crippen molar-refractivity contribution in [2.75, 3.05) is 32.8 Å². The number of nitrogens with two attached hydrogens (primary N) is 1. The lowest BCUT2D eigenvalue weighted by Crippen LogP contribution is -2.50. The van der Waals surface area contributed by atoms with Crippen molar-refractivity contribution >= 4 is 5.96 Å². The van der Waals surface area contributed by atoms with Crippen LogP contribution in [0.3, 0.4) is 0 Å². The molecule has 1 saturated heterocycles. The quantitative estimate of drug-likeness (QED) is 0.595. The molecule has 1 aromatic carbocycles. The Morgan fingerprint density at radius 3 is 2.46 bits per heavy atom. The van der Waals surface area contributed by atoms with E-state index >= 15 is 0 Å². The van der Waals surface area contributed by atoms with Gasteiger partial charge in [-0.05, 0) is 25.3 Å². The minimum atomic E-state index is -0.0356. The van der Waals surface area contributed by atoms with Crippen molar-refractivity contribution in [3.8, 4) is 0 Å². The van der Waals surface area contributed by atoms with Gasteiger partial charge in [-0.1, -0.05) is 44.2 Å². The molecule has 2 rings (SSSR count). The Labute approximate surface area is 146 Å². The molecule has 0 amide bonds. The third-order valence-corrected chi connectivity index (χ3v) is 5.05. The zero-order valence-electron chi connectivity index (χ0n) is 15.3. The summed E-state index contributed by atoms with van der Waals surface area (Å²) in [6.45, 7) is 10.5. The van der Waals surface area contributed by atoms with Crippen LogP contribution < -0.4 is 11.1 Å². The number of rotatable bonds is 7. The molecule has 1 fully saturated rings. The van der Waals surface area contributed by atoms with Crippen LogP contribution in [0.2, 0.25) is 0 Å². The number of morpholine rings is 1. The zero-order chi connectivity index (χ0) is 17.4. The Morgan fingerprint density at radius 1 is 1.25 bits per heavy atom. The molecule has 1 heterocycles. The second-order valence-electron chi connectivity index (χ2n) is 6.54. The second kappa shape index (κ2) is 9.04. The number of hydrogen-bond acceptors (Lipinski definition) is 3. The van der Waals surface area contributed by atoms with Crippen LogP contribution in [0.15, 0.2) is 35.3 Å². The van der Waals surface area contributed by atoms with Crippen molar-refractivity contribution < 1.29 is 4.74 Å². The maximum atomic E-state index is 6.20. The van der Waals surface area contributed by atoms with Crippen molar-refractivity contribution in [2.45, 2.75) is 45.2 Å². The molecule has 1 aromatic rings. The lowest BCUT2D eigenvalue weighted by atomic mass is 9.91. The number of guanidine groups is 1. The van der Waals surface area contributed by atoms with Crippen LogP contribution in [0.1, 0.15) is 45.2 Å². The summed E-state index contributed by atoms with van der Waals surface area (Å²) in [5, 5.41) is 3.80. The zero-order valence-corrected chi connectivity index (χ0v) is 15.3. The summed E-state index contributed by atoms with van der Waals surface area (Å²) < 4.78 is 5.37. The number of aliphatic imine (C=N–C) groups is 1. The third-order valence-electron chi connectivity index (χ3n) is 5.05. The average molecular weight is 332 g/mol. The molecule has 0 saturated carbocycles. The molecule has 0 spiro atoms. The fourth-order valence-corrected chi connectivity index (χ4v) is 3.13. The van der Waals surface area contributed by atoms with E-state index in [1.165, 1.54) is 5.56 Å². The van der Waals surface area contributed by atoms with Crippen LogP contribution >= 0.6 is 0 Å². The molecule has 1 aliphatic rings. The highest BCUT2D eigenvalue weighted by Crippen LogP contribution is 2.22. The van der Waals surface area contributed by atoms with Crippen molar-refractivity contribution in [3.05, 3.63) is 35.9 Å². The van der Waals surface area contributed by atoms with Gasteiger partial charge in [0, 0.05) is 24.7 Å². The molecule has 0 aromatic heterocycles. The Morgan fingerprint density at radius 2 is 1.88 bits per heavy atom. The first-order valence-corrected chi connectivity index (χ1v) is 9.05. The Balaban J connectivity index is 2.03. The molecule has 0 radical (unpaired) electrons. The molecule has 0 bridgehead atoms. The summed E-state index contributed by atoms with van der Waals surface area (Å²) in [4.78, 5) is 6.82. The Bertz CT molecular complexity index is 507. The van der Waals surface area contributed by atoms with E-state index in [1.807, 2.05) is 0 Å². The summed E-state index contributed by atoms with van der Waals surface area (Å²) in [7, 11) is 0. The summed E-state index contributed by atoms with van der Waals surface area (Å²) in [6.07, 6.45) is 2.03. The normalized spacial score (nSPS) is 17.8. The second-order valence-corrected chi connectivity index (χ2v) is 6.54. The number of nitrogens with zero attached hydrogens (tertiary/aromatic N) is 2. The monoisotopic (exact) mass is 332 g/mol. The van der Waals surface area contributed by atoms with Gasteiger partial charge in [0.05, 0.1) is 19.8 Å². The maximum absolute atomic E-state index is 6.20. The van der Waals surface area contributed by atoms with Crippen LogP contribution in [0.25, 0.3) is 0 Å². The minimum Gasteiger partial charge on any atom is -0.378 e. The van der Waals surface area contributed by atoms with Gasteiger partial charge in [0.1, 0.15) is 0 Å².